The molecule has 2 rings (SSSR count). The summed E-state index contributed by atoms with van der Waals surface area (Å²) in [5, 5.41) is 0. The molecular formula is C13H22N4. The van der Waals surface area contributed by atoms with E-state index in [1.165, 1.54) is 11.3 Å². The van der Waals surface area contributed by atoms with Crippen LogP contribution in [0.4, 0.5) is 5.69 Å². The van der Waals surface area contributed by atoms with Gasteiger partial charge in [0.2, 0.25) is 0 Å². The molecule has 2 N–H and O–H groups in total. The molecule has 0 bridgehead atoms. The lowest BCUT2D eigenvalue weighted by molar-refractivity contribution is 0.256. The van der Waals surface area contributed by atoms with Gasteiger partial charge in [-0.15, -0.1) is 0 Å². The number of nitrogens with zero attached hydrogens (tertiary/aromatic N) is 3. The summed E-state index contributed by atoms with van der Waals surface area (Å²) in [5.41, 5.74) is 8.14. The van der Waals surface area contributed by atoms with Gasteiger partial charge in [-0.25, -0.2) is 0 Å². The third kappa shape index (κ3) is 3.17. The van der Waals surface area contributed by atoms with Crippen LogP contribution in [0.15, 0.2) is 18.5 Å². The van der Waals surface area contributed by atoms with Crippen LogP contribution in [0, 0.1) is 6.92 Å². The summed E-state index contributed by atoms with van der Waals surface area (Å²) in [7, 11) is 0. The fraction of sp³-hybridized carbons (Fsp3) is 0.615. The SMILES string of the molecule is Cc1cnccc1N1CCN(CCCN)CC1. The molecule has 0 radical (unpaired) electrons. The second kappa shape index (κ2) is 5.98. The van der Waals surface area contributed by atoms with Crippen molar-refractivity contribution in [1.29, 1.82) is 0 Å². The largest absolute Gasteiger partial charge is 0.369 e. The molecule has 4 nitrogen and oxygen atoms in total. The average Bonchev–Trinajstić information content (AvgIpc) is 2.38. The normalized spacial score (nSPS) is 17.4. The van der Waals surface area contributed by atoms with Crippen molar-refractivity contribution in [3.8, 4) is 0 Å². The highest BCUT2D eigenvalue weighted by molar-refractivity contribution is 5.51. The predicted octanol–water partition coefficient (Wildman–Crippen LogP) is 0.861. The van der Waals surface area contributed by atoms with Gasteiger partial charge in [-0.05, 0) is 38.1 Å². The van der Waals surface area contributed by atoms with E-state index in [9.17, 15) is 0 Å². The van der Waals surface area contributed by atoms with Crippen molar-refractivity contribution in [3.05, 3.63) is 24.0 Å². The molecule has 0 aliphatic carbocycles. The number of anilines is 1. The summed E-state index contributed by atoms with van der Waals surface area (Å²) in [6.07, 6.45) is 4.92. The van der Waals surface area contributed by atoms with Gasteiger partial charge in [0.25, 0.3) is 0 Å². The minimum absolute atomic E-state index is 0.795. The highest BCUT2D eigenvalue weighted by atomic mass is 15.3. The molecule has 2 heterocycles. The van der Waals surface area contributed by atoms with Crippen molar-refractivity contribution < 1.29 is 0 Å². The summed E-state index contributed by atoms with van der Waals surface area (Å²) in [6.45, 7) is 8.56. The van der Waals surface area contributed by atoms with Gasteiger partial charge in [-0.1, -0.05) is 0 Å². The number of aromatic nitrogens is 1. The Morgan fingerprint density at radius 3 is 2.71 bits per heavy atom. The zero-order valence-electron chi connectivity index (χ0n) is 10.6. The van der Waals surface area contributed by atoms with Crippen molar-refractivity contribution in [2.45, 2.75) is 13.3 Å². The van der Waals surface area contributed by atoms with Crippen LogP contribution < -0.4 is 10.6 Å². The van der Waals surface area contributed by atoms with Crippen LogP contribution in [0.1, 0.15) is 12.0 Å². The third-order valence-electron chi connectivity index (χ3n) is 3.38. The van der Waals surface area contributed by atoms with Crippen LogP contribution in [-0.4, -0.2) is 49.2 Å². The molecule has 0 atom stereocenters. The van der Waals surface area contributed by atoms with Gasteiger partial charge in [0, 0.05) is 44.3 Å². The molecule has 1 aliphatic rings. The number of pyridine rings is 1. The Kier molecular flexibility index (Phi) is 4.34. The molecule has 0 spiro atoms. The lowest BCUT2D eigenvalue weighted by atomic mass is 10.2. The smallest absolute Gasteiger partial charge is 0.0427 e. The second-order valence-corrected chi connectivity index (χ2v) is 4.63. The number of hydrogen-bond donors (Lipinski definition) is 1. The van der Waals surface area contributed by atoms with Gasteiger partial charge >= 0.3 is 0 Å². The molecule has 4 heteroatoms. The Labute approximate surface area is 103 Å². The molecule has 1 aromatic rings. The maximum absolute atomic E-state index is 5.54. The maximum Gasteiger partial charge on any atom is 0.0427 e. The first kappa shape index (κ1) is 12.3. The molecule has 94 valence electrons. The molecule has 1 aromatic heterocycles. The Morgan fingerprint density at radius 1 is 1.29 bits per heavy atom. The number of rotatable bonds is 4. The quantitative estimate of drug-likeness (QED) is 0.839. The summed E-state index contributed by atoms with van der Waals surface area (Å²) < 4.78 is 0. The minimum atomic E-state index is 0.795. The number of hydrogen-bond acceptors (Lipinski definition) is 4. The zero-order chi connectivity index (χ0) is 12.1. The van der Waals surface area contributed by atoms with Crippen molar-refractivity contribution in [2.75, 3.05) is 44.2 Å². The fourth-order valence-electron chi connectivity index (χ4n) is 2.35. The van der Waals surface area contributed by atoms with Crippen LogP contribution in [0.5, 0.6) is 0 Å². The van der Waals surface area contributed by atoms with Gasteiger partial charge in [0.1, 0.15) is 0 Å². The van der Waals surface area contributed by atoms with Crippen molar-refractivity contribution in [1.82, 2.24) is 9.88 Å². The predicted molar refractivity (Wildman–Crippen MR) is 71.3 cm³/mol. The van der Waals surface area contributed by atoms with E-state index in [1.54, 1.807) is 0 Å². The van der Waals surface area contributed by atoms with E-state index >= 15 is 0 Å². The Morgan fingerprint density at radius 2 is 2.06 bits per heavy atom. The molecule has 0 aromatic carbocycles. The lowest BCUT2D eigenvalue weighted by Gasteiger charge is -2.36. The third-order valence-corrected chi connectivity index (χ3v) is 3.38. The van der Waals surface area contributed by atoms with Gasteiger partial charge in [-0.2, -0.15) is 0 Å². The maximum atomic E-state index is 5.54. The van der Waals surface area contributed by atoms with Crippen LogP contribution in [0.3, 0.4) is 0 Å². The topological polar surface area (TPSA) is 45.4 Å². The van der Waals surface area contributed by atoms with E-state index in [1.807, 2.05) is 12.4 Å². The van der Waals surface area contributed by atoms with Gasteiger partial charge in [0.15, 0.2) is 0 Å². The van der Waals surface area contributed by atoms with E-state index in [4.69, 9.17) is 5.73 Å². The van der Waals surface area contributed by atoms with Crippen LogP contribution in [0.25, 0.3) is 0 Å². The monoisotopic (exact) mass is 234 g/mol. The summed E-state index contributed by atoms with van der Waals surface area (Å²) in [4.78, 5) is 9.10. The van der Waals surface area contributed by atoms with Crippen molar-refractivity contribution in [3.63, 3.8) is 0 Å². The standard InChI is InChI=1S/C13H22N4/c1-12-11-15-5-3-13(12)17-9-7-16(8-10-17)6-2-4-14/h3,5,11H,2,4,6-10,14H2,1H3. The van der Waals surface area contributed by atoms with Crippen LogP contribution in [-0.2, 0) is 0 Å². The summed E-state index contributed by atoms with van der Waals surface area (Å²) in [5.74, 6) is 0. The first-order chi connectivity index (χ1) is 8.31. The second-order valence-electron chi connectivity index (χ2n) is 4.63. The molecule has 1 saturated heterocycles. The summed E-state index contributed by atoms with van der Waals surface area (Å²) >= 11 is 0. The molecule has 0 amide bonds. The minimum Gasteiger partial charge on any atom is -0.369 e. The van der Waals surface area contributed by atoms with Crippen molar-refractivity contribution in [2.24, 2.45) is 5.73 Å². The van der Waals surface area contributed by atoms with E-state index in [0.717, 1.165) is 45.7 Å². The number of piperazine rings is 1. The van der Waals surface area contributed by atoms with Gasteiger partial charge in [0.05, 0.1) is 0 Å². The Bertz CT molecular complexity index is 345. The molecule has 0 saturated carbocycles. The van der Waals surface area contributed by atoms with E-state index < -0.39 is 0 Å². The average molecular weight is 234 g/mol. The Balaban J connectivity index is 1.89. The summed E-state index contributed by atoms with van der Waals surface area (Å²) in [6, 6.07) is 2.12. The van der Waals surface area contributed by atoms with E-state index in [2.05, 4.69) is 27.8 Å². The van der Waals surface area contributed by atoms with E-state index in [-0.39, 0.29) is 0 Å². The van der Waals surface area contributed by atoms with Crippen LogP contribution >= 0.6 is 0 Å². The number of nitrogens with two attached hydrogens (primary N) is 1. The van der Waals surface area contributed by atoms with Gasteiger partial charge < -0.3 is 10.6 Å². The Hall–Kier alpha value is -1.13. The first-order valence-electron chi connectivity index (χ1n) is 6.39. The van der Waals surface area contributed by atoms with Crippen LogP contribution in [0.2, 0.25) is 0 Å². The molecule has 1 fully saturated rings. The van der Waals surface area contributed by atoms with Gasteiger partial charge in [-0.3, -0.25) is 9.88 Å². The highest BCUT2D eigenvalue weighted by Crippen LogP contribution is 2.19. The zero-order valence-corrected chi connectivity index (χ0v) is 10.6. The molecule has 17 heavy (non-hydrogen) atoms. The van der Waals surface area contributed by atoms with E-state index in [0.29, 0.717) is 0 Å². The first-order valence-corrected chi connectivity index (χ1v) is 6.39. The highest BCUT2D eigenvalue weighted by Gasteiger charge is 2.17. The molecule has 0 unspecified atom stereocenters. The number of aryl methyl sites for hydroxylation is 1. The molecular weight excluding hydrogens is 212 g/mol. The van der Waals surface area contributed by atoms with Crippen molar-refractivity contribution >= 4 is 5.69 Å². The fourth-order valence-corrected chi connectivity index (χ4v) is 2.35. The lowest BCUT2D eigenvalue weighted by Crippen LogP contribution is -2.47. The molecule has 1 aliphatic heterocycles.